The first-order valence-electron chi connectivity index (χ1n) is 7.14. The zero-order valence-electron chi connectivity index (χ0n) is 13.1. The van der Waals surface area contributed by atoms with Gasteiger partial charge in [0.2, 0.25) is 10.0 Å². The van der Waals surface area contributed by atoms with Gasteiger partial charge in [0.05, 0.1) is 10.6 Å². The topological polar surface area (TPSA) is 70.2 Å². The van der Waals surface area contributed by atoms with Gasteiger partial charge in [0, 0.05) is 30.6 Å². The summed E-state index contributed by atoms with van der Waals surface area (Å²) >= 11 is 0. The molecule has 0 aliphatic carbocycles. The van der Waals surface area contributed by atoms with Gasteiger partial charge >= 0.3 is 0 Å². The fourth-order valence-corrected chi connectivity index (χ4v) is 3.46. The first-order chi connectivity index (χ1) is 11.3. The van der Waals surface area contributed by atoms with Crippen molar-refractivity contribution in [2.75, 3.05) is 14.1 Å². The van der Waals surface area contributed by atoms with Crippen molar-refractivity contribution >= 4 is 27.2 Å². The van der Waals surface area contributed by atoms with Gasteiger partial charge in [-0.05, 0) is 48.0 Å². The predicted octanol–water partition coefficient (Wildman–Crippen LogP) is 3.04. The molecule has 0 bridgehead atoms. The lowest BCUT2D eigenvalue weighted by Crippen LogP contribution is -2.22. The zero-order chi connectivity index (χ0) is 17.5. The molecule has 3 aromatic rings. The lowest BCUT2D eigenvalue weighted by Gasteiger charge is -2.11. The lowest BCUT2D eigenvalue weighted by atomic mass is 10.1. The second kappa shape index (κ2) is 5.85. The Morgan fingerprint density at radius 3 is 2.33 bits per heavy atom. The molecule has 1 heterocycles. The van der Waals surface area contributed by atoms with Gasteiger partial charge < -0.3 is 4.98 Å². The fourth-order valence-electron chi connectivity index (χ4n) is 2.53. The molecule has 0 amide bonds. The summed E-state index contributed by atoms with van der Waals surface area (Å²) in [4.78, 5) is 14.8. The molecule has 7 heteroatoms. The Morgan fingerprint density at radius 1 is 1.08 bits per heavy atom. The number of hydrogen-bond donors (Lipinski definition) is 1. The maximum absolute atomic E-state index is 13.1. The highest BCUT2D eigenvalue weighted by Gasteiger charge is 2.20. The van der Waals surface area contributed by atoms with E-state index in [1.807, 2.05) is 0 Å². The highest BCUT2D eigenvalue weighted by atomic mass is 32.2. The summed E-state index contributed by atoms with van der Waals surface area (Å²) < 4.78 is 38.8. The van der Waals surface area contributed by atoms with Crippen molar-refractivity contribution in [3.05, 3.63) is 53.8 Å². The predicted molar refractivity (Wildman–Crippen MR) is 90.0 cm³/mol. The highest BCUT2D eigenvalue weighted by molar-refractivity contribution is 7.89. The molecule has 0 saturated heterocycles. The minimum absolute atomic E-state index is 0.104. The van der Waals surface area contributed by atoms with Crippen molar-refractivity contribution in [1.82, 2.24) is 9.29 Å². The minimum Gasteiger partial charge on any atom is -0.354 e. The second-order valence-electron chi connectivity index (χ2n) is 5.53. The molecule has 1 aromatic heterocycles. The molecule has 0 radical (unpaired) electrons. The average Bonchev–Trinajstić information content (AvgIpc) is 2.92. The monoisotopic (exact) mass is 346 g/mol. The van der Waals surface area contributed by atoms with E-state index >= 15 is 0 Å². The molecule has 0 spiro atoms. The molecular formula is C17H15FN2O3S. The van der Waals surface area contributed by atoms with Gasteiger partial charge in [0.15, 0.2) is 6.29 Å². The van der Waals surface area contributed by atoms with Gasteiger partial charge in [-0.25, -0.2) is 17.1 Å². The van der Waals surface area contributed by atoms with E-state index in [0.717, 1.165) is 4.31 Å². The summed E-state index contributed by atoms with van der Waals surface area (Å²) in [5.74, 6) is -0.373. The number of nitrogens with zero attached hydrogens (tertiary/aromatic N) is 1. The fraction of sp³-hybridized carbons (Fsp3) is 0.118. The minimum atomic E-state index is -3.60. The highest BCUT2D eigenvalue weighted by Crippen LogP contribution is 2.31. The van der Waals surface area contributed by atoms with Crippen LogP contribution >= 0.6 is 0 Å². The normalized spacial score (nSPS) is 12.0. The summed E-state index contributed by atoms with van der Waals surface area (Å²) in [6.45, 7) is 0. The molecule has 0 fully saturated rings. The number of hydrogen-bond acceptors (Lipinski definition) is 3. The molecular weight excluding hydrogens is 331 g/mol. The summed E-state index contributed by atoms with van der Waals surface area (Å²) in [6.07, 6.45) is 0.670. The number of aromatic amines is 1. The third kappa shape index (κ3) is 2.61. The summed E-state index contributed by atoms with van der Waals surface area (Å²) in [5, 5.41) is 0.507. The van der Waals surface area contributed by atoms with Crippen molar-refractivity contribution in [3.63, 3.8) is 0 Å². The molecule has 24 heavy (non-hydrogen) atoms. The number of nitrogens with one attached hydrogen (secondary N) is 1. The van der Waals surface area contributed by atoms with Crippen LogP contribution in [-0.2, 0) is 10.0 Å². The Morgan fingerprint density at radius 2 is 1.75 bits per heavy atom. The van der Waals surface area contributed by atoms with Crippen LogP contribution in [0, 0.1) is 5.82 Å². The lowest BCUT2D eigenvalue weighted by molar-refractivity contribution is 0.112. The van der Waals surface area contributed by atoms with E-state index < -0.39 is 10.0 Å². The molecule has 5 nitrogen and oxygen atoms in total. The molecule has 0 atom stereocenters. The van der Waals surface area contributed by atoms with Gasteiger partial charge in [-0.3, -0.25) is 4.79 Å². The van der Waals surface area contributed by atoms with Gasteiger partial charge in [-0.15, -0.1) is 0 Å². The molecule has 0 aliphatic heterocycles. The third-order valence-corrected chi connectivity index (χ3v) is 5.65. The second-order valence-corrected chi connectivity index (χ2v) is 7.69. The van der Waals surface area contributed by atoms with Crippen LogP contribution in [0.1, 0.15) is 10.4 Å². The number of sulfonamides is 1. The Labute approximate surface area is 138 Å². The molecule has 3 rings (SSSR count). The number of aldehydes is 1. The molecule has 124 valence electrons. The first-order valence-corrected chi connectivity index (χ1v) is 8.58. The van der Waals surface area contributed by atoms with Gasteiger partial charge in [-0.2, -0.15) is 0 Å². The molecule has 0 saturated carbocycles. The van der Waals surface area contributed by atoms with Gasteiger partial charge in [0.1, 0.15) is 5.82 Å². The molecule has 2 aromatic carbocycles. The van der Waals surface area contributed by atoms with Crippen molar-refractivity contribution in [3.8, 4) is 11.3 Å². The van der Waals surface area contributed by atoms with E-state index in [-0.39, 0.29) is 10.7 Å². The largest absolute Gasteiger partial charge is 0.354 e. The Balaban J connectivity index is 2.24. The van der Waals surface area contributed by atoms with E-state index in [1.54, 1.807) is 18.2 Å². The standard InChI is InChI=1S/C17H15FN2O3S/c1-20(2)24(22,23)13-7-8-16-14(9-13)15(10-21)17(19-16)11-3-5-12(18)6-4-11/h3-10,19H,1-2H3. The van der Waals surface area contributed by atoms with Crippen molar-refractivity contribution in [1.29, 1.82) is 0 Å². The zero-order valence-corrected chi connectivity index (χ0v) is 13.9. The number of benzene rings is 2. The molecule has 1 N–H and O–H groups in total. The molecule has 0 unspecified atom stereocenters. The number of halogens is 1. The summed E-state index contributed by atoms with van der Waals surface area (Å²) in [6, 6.07) is 10.3. The number of rotatable bonds is 4. The molecule has 0 aliphatic rings. The van der Waals surface area contributed by atoms with Crippen LogP contribution in [0.2, 0.25) is 0 Å². The Bertz CT molecular complexity index is 1020. The number of aromatic nitrogens is 1. The van der Waals surface area contributed by atoms with E-state index in [0.29, 0.717) is 34.0 Å². The van der Waals surface area contributed by atoms with Crippen LogP contribution in [0.3, 0.4) is 0 Å². The Kier molecular flexibility index (Phi) is 3.98. The summed E-state index contributed by atoms with van der Waals surface area (Å²) in [5.41, 5.74) is 2.15. The third-order valence-electron chi connectivity index (χ3n) is 3.84. The van der Waals surface area contributed by atoms with Crippen LogP contribution < -0.4 is 0 Å². The van der Waals surface area contributed by atoms with Crippen molar-refractivity contribution < 1.29 is 17.6 Å². The van der Waals surface area contributed by atoms with E-state index in [1.165, 1.54) is 38.4 Å². The van der Waals surface area contributed by atoms with E-state index in [9.17, 15) is 17.6 Å². The first kappa shape index (κ1) is 16.4. The number of carbonyl (C=O) groups excluding carboxylic acids is 1. The summed E-state index contributed by atoms with van der Waals surface area (Å²) in [7, 11) is -0.709. The average molecular weight is 346 g/mol. The van der Waals surface area contributed by atoms with Gasteiger partial charge in [0.25, 0.3) is 0 Å². The maximum atomic E-state index is 13.1. The van der Waals surface area contributed by atoms with Crippen molar-refractivity contribution in [2.24, 2.45) is 0 Å². The number of H-pyrrole nitrogens is 1. The van der Waals surface area contributed by atoms with Gasteiger partial charge in [-0.1, -0.05) is 0 Å². The van der Waals surface area contributed by atoms with Crippen LogP contribution in [0.25, 0.3) is 22.2 Å². The van der Waals surface area contributed by atoms with Crippen LogP contribution in [-0.4, -0.2) is 38.1 Å². The number of carbonyl (C=O) groups is 1. The number of fused-ring (bicyclic) bond motifs is 1. The van der Waals surface area contributed by atoms with E-state index in [4.69, 9.17) is 0 Å². The maximum Gasteiger partial charge on any atom is 0.242 e. The van der Waals surface area contributed by atoms with Crippen molar-refractivity contribution in [2.45, 2.75) is 4.90 Å². The van der Waals surface area contributed by atoms with Crippen LogP contribution in [0.4, 0.5) is 4.39 Å². The van der Waals surface area contributed by atoms with E-state index in [2.05, 4.69) is 4.98 Å². The quantitative estimate of drug-likeness (QED) is 0.738. The Hall–Kier alpha value is -2.51. The SMILES string of the molecule is CN(C)S(=O)(=O)c1ccc2[nH]c(-c3ccc(F)cc3)c(C=O)c2c1. The smallest absolute Gasteiger partial charge is 0.242 e. The van der Waals surface area contributed by atoms with Crippen LogP contribution in [0.15, 0.2) is 47.4 Å². The van der Waals surface area contributed by atoms with Crippen LogP contribution in [0.5, 0.6) is 0 Å².